The third-order valence-electron chi connectivity index (χ3n) is 5.96. The fourth-order valence-electron chi connectivity index (χ4n) is 4.40. The fraction of sp³-hybridized carbons (Fsp3) is 0.571. The number of hydrogen-bond acceptors (Lipinski definition) is 3. The lowest BCUT2D eigenvalue weighted by Gasteiger charge is -2.25. The van der Waals surface area contributed by atoms with E-state index in [0.717, 1.165) is 37.2 Å². The van der Waals surface area contributed by atoms with Crippen LogP contribution in [0.2, 0.25) is 0 Å². The molecule has 2 aromatic carbocycles. The Labute approximate surface area is 194 Å². The van der Waals surface area contributed by atoms with Gasteiger partial charge in [-0.25, -0.2) is 0 Å². The van der Waals surface area contributed by atoms with Crippen molar-refractivity contribution in [3.05, 3.63) is 57.6 Å². The number of phenolic OH excluding ortho intramolecular Hbond substituents is 2. The van der Waals surface area contributed by atoms with Crippen molar-refractivity contribution in [2.24, 2.45) is 0 Å². The van der Waals surface area contributed by atoms with Crippen molar-refractivity contribution in [2.45, 2.75) is 91.9 Å². The first-order valence-corrected chi connectivity index (χ1v) is 12.7. The molecule has 2 nitrogen and oxygen atoms in total. The van der Waals surface area contributed by atoms with Crippen molar-refractivity contribution in [1.82, 2.24) is 0 Å². The van der Waals surface area contributed by atoms with Gasteiger partial charge < -0.3 is 10.2 Å². The van der Waals surface area contributed by atoms with E-state index in [9.17, 15) is 10.2 Å². The molecule has 2 N–H and O–H groups in total. The molecule has 0 aromatic heterocycles. The standard InChI is InChI=1S/C28H42O2S/c1-19-15-21(29)17-25(27(3,4)5)23(19)11-9-13-31-14-10-12-24-20(2)16-22(30)18-26(24)28(6,7)8/h15-18,29-30H,9-14H2,1-8H3. The van der Waals surface area contributed by atoms with Crippen LogP contribution in [0.15, 0.2) is 24.3 Å². The van der Waals surface area contributed by atoms with E-state index in [-0.39, 0.29) is 10.8 Å². The van der Waals surface area contributed by atoms with E-state index in [0.29, 0.717) is 11.5 Å². The van der Waals surface area contributed by atoms with Crippen LogP contribution >= 0.6 is 11.8 Å². The van der Waals surface area contributed by atoms with Crippen LogP contribution in [0.5, 0.6) is 11.5 Å². The van der Waals surface area contributed by atoms with Crippen molar-refractivity contribution < 1.29 is 10.2 Å². The maximum Gasteiger partial charge on any atom is 0.116 e. The Morgan fingerprint density at radius 3 is 1.32 bits per heavy atom. The quantitative estimate of drug-likeness (QED) is 0.413. The summed E-state index contributed by atoms with van der Waals surface area (Å²) in [6.45, 7) is 17.5. The predicted octanol–water partition coefficient (Wildman–Crippen LogP) is 7.61. The second kappa shape index (κ2) is 10.3. The van der Waals surface area contributed by atoms with E-state index < -0.39 is 0 Å². The van der Waals surface area contributed by atoms with Gasteiger partial charge in [0.1, 0.15) is 11.5 Å². The molecule has 0 unspecified atom stereocenters. The molecule has 3 heteroatoms. The lowest BCUT2D eigenvalue weighted by Crippen LogP contribution is -2.15. The van der Waals surface area contributed by atoms with Gasteiger partial charge in [0.05, 0.1) is 0 Å². The van der Waals surface area contributed by atoms with Crippen molar-refractivity contribution in [2.75, 3.05) is 11.5 Å². The number of aromatic hydroxyl groups is 2. The van der Waals surface area contributed by atoms with E-state index in [4.69, 9.17) is 0 Å². The van der Waals surface area contributed by atoms with Crippen molar-refractivity contribution in [1.29, 1.82) is 0 Å². The van der Waals surface area contributed by atoms with Crippen LogP contribution in [0.4, 0.5) is 0 Å². The molecule has 0 amide bonds. The molecule has 0 fully saturated rings. The Balaban J connectivity index is 1.88. The number of phenols is 2. The summed E-state index contributed by atoms with van der Waals surface area (Å²) in [4.78, 5) is 0. The van der Waals surface area contributed by atoms with E-state index in [2.05, 4.69) is 55.4 Å². The largest absolute Gasteiger partial charge is 0.508 e. The molecule has 2 aromatic rings. The predicted molar refractivity (Wildman–Crippen MR) is 137 cm³/mol. The SMILES string of the molecule is Cc1cc(O)cc(C(C)(C)C)c1CCCSCCCc1c(C)cc(O)cc1C(C)(C)C. The first kappa shape index (κ1) is 25.6. The van der Waals surface area contributed by atoms with E-state index in [1.807, 2.05) is 36.0 Å². The summed E-state index contributed by atoms with van der Waals surface area (Å²) in [5.41, 5.74) is 7.83. The molecule has 2 rings (SSSR count). The maximum atomic E-state index is 10.0. The average molecular weight is 443 g/mol. The number of rotatable bonds is 8. The third-order valence-corrected chi connectivity index (χ3v) is 7.12. The van der Waals surface area contributed by atoms with Gasteiger partial charge in [0.25, 0.3) is 0 Å². The van der Waals surface area contributed by atoms with Crippen LogP contribution in [-0.2, 0) is 23.7 Å². The first-order chi connectivity index (χ1) is 14.3. The summed E-state index contributed by atoms with van der Waals surface area (Å²) in [7, 11) is 0. The molecule has 172 valence electrons. The summed E-state index contributed by atoms with van der Waals surface area (Å²) in [6, 6.07) is 7.68. The van der Waals surface area contributed by atoms with E-state index in [1.54, 1.807) is 0 Å². The summed E-state index contributed by atoms with van der Waals surface area (Å²) in [5.74, 6) is 3.06. The fourth-order valence-corrected chi connectivity index (χ4v) is 5.30. The highest BCUT2D eigenvalue weighted by atomic mass is 32.2. The molecule has 0 saturated carbocycles. The van der Waals surface area contributed by atoms with Gasteiger partial charge in [0.2, 0.25) is 0 Å². The van der Waals surface area contributed by atoms with Gasteiger partial charge in [-0.3, -0.25) is 0 Å². The Kier molecular flexibility index (Phi) is 8.55. The Bertz CT molecular complexity index is 812. The summed E-state index contributed by atoms with van der Waals surface area (Å²) >= 11 is 2.04. The van der Waals surface area contributed by atoms with Crippen molar-refractivity contribution in [3.8, 4) is 11.5 Å². The van der Waals surface area contributed by atoms with Gasteiger partial charge in [-0.05, 0) is 120 Å². The highest BCUT2D eigenvalue weighted by Crippen LogP contribution is 2.34. The van der Waals surface area contributed by atoms with E-state index in [1.165, 1.54) is 33.4 Å². The normalized spacial score (nSPS) is 12.4. The summed E-state index contributed by atoms with van der Waals surface area (Å²) in [5, 5.41) is 20.1. The van der Waals surface area contributed by atoms with Gasteiger partial charge in [0.15, 0.2) is 0 Å². The van der Waals surface area contributed by atoms with Crippen LogP contribution < -0.4 is 0 Å². The van der Waals surface area contributed by atoms with Crippen LogP contribution in [0, 0.1) is 13.8 Å². The maximum absolute atomic E-state index is 10.0. The molecule has 0 atom stereocenters. The van der Waals surface area contributed by atoms with Crippen LogP contribution in [0.1, 0.15) is 87.8 Å². The number of aryl methyl sites for hydroxylation is 2. The average Bonchev–Trinajstić information content (AvgIpc) is 2.61. The molecule has 0 saturated heterocycles. The highest BCUT2D eigenvalue weighted by Gasteiger charge is 2.21. The minimum absolute atomic E-state index is 0.0404. The third kappa shape index (κ3) is 7.20. The molecule has 0 heterocycles. The molecular formula is C28H42O2S. The van der Waals surface area contributed by atoms with E-state index >= 15 is 0 Å². The zero-order valence-corrected chi connectivity index (χ0v) is 21.7. The molecule has 0 aliphatic rings. The van der Waals surface area contributed by atoms with Gasteiger partial charge >= 0.3 is 0 Å². The van der Waals surface area contributed by atoms with Crippen LogP contribution in [0.25, 0.3) is 0 Å². The molecule has 0 bridgehead atoms. The van der Waals surface area contributed by atoms with Crippen molar-refractivity contribution in [3.63, 3.8) is 0 Å². The molecule has 0 aliphatic carbocycles. The monoisotopic (exact) mass is 442 g/mol. The zero-order valence-electron chi connectivity index (χ0n) is 20.9. The molecule has 0 spiro atoms. The highest BCUT2D eigenvalue weighted by molar-refractivity contribution is 7.99. The van der Waals surface area contributed by atoms with Crippen molar-refractivity contribution >= 4 is 11.8 Å². The molecular weight excluding hydrogens is 400 g/mol. The first-order valence-electron chi connectivity index (χ1n) is 11.5. The second-order valence-electron chi connectivity index (χ2n) is 10.9. The number of hydrogen-bond donors (Lipinski definition) is 2. The van der Waals surface area contributed by atoms with Gasteiger partial charge in [-0.2, -0.15) is 11.8 Å². The van der Waals surface area contributed by atoms with Gasteiger partial charge in [-0.1, -0.05) is 41.5 Å². The zero-order chi connectivity index (χ0) is 23.4. The second-order valence-corrected chi connectivity index (χ2v) is 12.1. The Morgan fingerprint density at radius 1 is 0.645 bits per heavy atom. The summed E-state index contributed by atoms with van der Waals surface area (Å²) < 4.78 is 0. The summed E-state index contributed by atoms with van der Waals surface area (Å²) in [6.07, 6.45) is 4.45. The lowest BCUT2D eigenvalue weighted by atomic mass is 9.81. The smallest absolute Gasteiger partial charge is 0.116 e. The topological polar surface area (TPSA) is 40.5 Å². The van der Waals surface area contributed by atoms with Crippen LogP contribution in [0.3, 0.4) is 0 Å². The minimum atomic E-state index is 0.0404. The Morgan fingerprint density at radius 2 is 1.00 bits per heavy atom. The Hall–Kier alpha value is -1.61. The van der Waals surface area contributed by atoms with Crippen LogP contribution in [-0.4, -0.2) is 21.7 Å². The lowest BCUT2D eigenvalue weighted by molar-refractivity contribution is 0.469. The molecule has 0 radical (unpaired) electrons. The minimum Gasteiger partial charge on any atom is -0.508 e. The van der Waals surface area contributed by atoms with Gasteiger partial charge in [0, 0.05) is 0 Å². The number of benzene rings is 2. The molecule has 31 heavy (non-hydrogen) atoms. The molecule has 0 aliphatic heterocycles. The number of thioether (sulfide) groups is 1. The van der Waals surface area contributed by atoms with Gasteiger partial charge in [-0.15, -0.1) is 0 Å².